The molecule has 0 saturated heterocycles. The van der Waals surface area contributed by atoms with Crippen molar-refractivity contribution in [2.24, 2.45) is 0 Å². The third-order valence-electron chi connectivity index (χ3n) is 3.61. The van der Waals surface area contributed by atoms with Crippen molar-refractivity contribution in [1.29, 1.82) is 0 Å². The van der Waals surface area contributed by atoms with Crippen LogP contribution in [0.3, 0.4) is 0 Å². The number of ether oxygens (including phenoxy) is 1. The van der Waals surface area contributed by atoms with Crippen molar-refractivity contribution in [3.63, 3.8) is 0 Å². The standard InChI is InChI=1S/C18H17NO2/c1-3-21-18(20)15-8-4-5-9-17(15)19-12-11-14-13(2)7-6-10-16(14)19/h4-12H,3H2,1-2H3. The highest BCUT2D eigenvalue weighted by molar-refractivity contribution is 5.95. The first-order chi connectivity index (χ1) is 10.2. The number of nitrogens with zero attached hydrogens (tertiary/aromatic N) is 1. The zero-order valence-electron chi connectivity index (χ0n) is 12.2. The highest BCUT2D eigenvalue weighted by Gasteiger charge is 2.14. The van der Waals surface area contributed by atoms with Gasteiger partial charge in [-0.25, -0.2) is 4.79 Å². The Kier molecular flexibility index (Phi) is 3.48. The van der Waals surface area contributed by atoms with Gasteiger partial charge in [-0.05, 0) is 43.7 Å². The summed E-state index contributed by atoms with van der Waals surface area (Å²) in [4.78, 5) is 12.1. The van der Waals surface area contributed by atoms with Crippen LogP contribution < -0.4 is 0 Å². The maximum absolute atomic E-state index is 12.1. The molecule has 0 radical (unpaired) electrons. The summed E-state index contributed by atoms with van der Waals surface area (Å²) in [6.07, 6.45) is 2.00. The van der Waals surface area contributed by atoms with Gasteiger partial charge in [0.25, 0.3) is 0 Å². The van der Waals surface area contributed by atoms with E-state index in [2.05, 4.69) is 25.1 Å². The van der Waals surface area contributed by atoms with E-state index in [0.717, 1.165) is 11.2 Å². The highest BCUT2D eigenvalue weighted by Crippen LogP contribution is 2.25. The number of carbonyl (C=O) groups is 1. The number of aryl methyl sites for hydroxylation is 1. The van der Waals surface area contributed by atoms with Crippen molar-refractivity contribution in [1.82, 2.24) is 4.57 Å². The molecule has 2 aromatic carbocycles. The lowest BCUT2D eigenvalue weighted by molar-refractivity contribution is 0.0526. The van der Waals surface area contributed by atoms with Gasteiger partial charge in [-0.2, -0.15) is 0 Å². The minimum Gasteiger partial charge on any atom is -0.462 e. The second kappa shape index (κ2) is 5.44. The number of para-hydroxylation sites is 1. The summed E-state index contributed by atoms with van der Waals surface area (Å²) >= 11 is 0. The zero-order chi connectivity index (χ0) is 14.8. The molecule has 0 aliphatic rings. The van der Waals surface area contributed by atoms with E-state index in [1.165, 1.54) is 10.9 Å². The Bertz CT molecular complexity index is 802. The maximum atomic E-state index is 12.1. The average Bonchev–Trinajstić information content (AvgIpc) is 2.93. The number of aromatic nitrogens is 1. The topological polar surface area (TPSA) is 31.2 Å². The van der Waals surface area contributed by atoms with E-state index >= 15 is 0 Å². The zero-order valence-corrected chi connectivity index (χ0v) is 12.2. The largest absolute Gasteiger partial charge is 0.462 e. The van der Waals surface area contributed by atoms with E-state index in [-0.39, 0.29) is 5.97 Å². The normalized spacial score (nSPS) is 10.8. The summed E-state index contributed by atoms with van der Waals surface area (Å²) in [7, 11) is 0. The van der Waals surface area contributed by atoms with Gasteiger partial charge in [-0.3, -0.25) is 0 Å². The van der Waals surface area contributed by atoms with Crippen molar-refractivity contribution < 1.29 is 9.53 Å². The number of hydrogen-bond donors (Lipinski definition) is 0. The Morgan fingerprint density at radius 1 is 1.10 bits per heavy atom. The molecule has 3 nitrogen and oxygen atoms in total. The van der Waals surface area contributed by atoms with Crippen molar-refractivity contribution in [2.75, 3.05) is 6.61 Å². The van der Waals surface area contributed by atoms with Gasteiger partial charge in [0, 0.05) is 11.6 Å². The van der Waals surface area contributed by atoms with Crippen LogP contribution in [-0.4, -0.2) is 17.1 Å². The van der Waals surface area contributed by atoms with Crippen LogP contribution in [0, 0.1) is 6.92 Å². The predicted molar refractivity (Wildman–Crippen MR) is 84.0 cm³/mol. The second-order valence-electron chi connectivity index (χ2n) is 4.93. The lowest BCUT2D eigenvalue weighted by Crippen LogP contribution is -2.09. The van der Waals surface area contributed by atoms with Gasteiger partial charge in [0.2, 0.25) is 0 Å². The van der Waals surface area contributed by atoms with E-state index in [1.807, 2.05) is 42.0 Å². The van der Waals surface area contributed by atoms with E-state index in [1.54, 1.807) is 6.07 Å². The molecule has 0 saturated carbocycles. The van der Waals surface area contributed by atoms with E-state index in [9.17, 15) is 4.79 Å². The Hall–Kier alpha value is -2.55. The Morgan fingerprint density at radius 2 is 1.90 bits per heavy atom. The quantitative estimate of drug-likeness (QED) is 0.675. The minimum absolute atomic E-state index is 0.289. The molecule has 0 atom stereocenters. The molecular weight excluding hydrogens is 262 g/mol. The molecule has 3 heteroatoms. The molecule has 3 rings (SSSR count). The summed E-state index contributed by atoms with van der Waals surface area (Å²) in [5, 5.41) is 1.19. The van der Waals surface area contributed by atoms with Crippen LogP contribution in [0.2, 0.25) is 0 Å². The van der Waals surface area contributed by atoms with E-state index < -0.39 is 0 Å². The molecule has 0 aliphatic carbocycles. The van der Waals surface area contributed by atoms with Crippen LogP contribution in [0.4, 0.5) is 0 Å². The molecule has 0 amide bonds. The van der Waals surface area contributed by atoms with Gasteiger partial charge in [-0.15, -0.1) is 0 Å². The maximum Gasteiger partial charge on any atom is 0.340 e. The molecule has 1 aromatic heterocycles. The molecule has 0 aliphatic heterocycles. The third kappa shape index (κ3) is 2.31. The van der Waals surface area contributed by atoms with Crippen LogP contribution in [0.15, 0.2) is 54.7 Å². The number of hydrogen-bond acceptors (Lipinski definition) is 2. The molecule has 106 valence electrons. The number of rotatable bonds is 3. The first kappa shape index (κ1) is 13.4. The predicted octanol–water partition coefficient (Wildman–Crippen LogP) is 4.12. The van der Waals surface area contributed by atoms with Crippen LogP contribution in [-0.2, 0) is 4.74 Å². The highest BCUT2D eigenvalue weighted by atomic mass is 16.5. The van der Waals surface area contributed by atoms with Crippen LogP contribution in [0.1, 0.15) is 22.8 Å². The van der Waals surface area contributed by atoms with Gasteiger partial charge in [0.1, 0.15) is 0 Å². The lowest BCUT2D eigenvalue weighted by atomic mass is 10.1. The van der Waals surface area contributed by atoms with E-state index in [0.29, 0.717) is 12.2 Å². The first-order valence-corrected chi connectivity index (χ1v) is 7.05. The number of esters is 1. The minimum atomic E-state index is -0.289. The smallest absolute Gasteiger partial charge is 0.340 e. The molecule has 0 unspecified atom stereocenters. The summed E-state index contributed by atoms with van der Waals surface area (Å²) in [6, 6.07) is 15.8. The number of fused-ring (bicyclic) bond motifs is 1. The molecule has 21 heavy (non-hydrogen) atoms. The van der Waals surface area contributed by atoms with Crippen LogP contribution >= 0.6 is 0 Å². The van der Waals surface area contributed by atoms with Crippen molar-refractivity contribution >= 4 is 16.9 Å². The van der Waals surface area contributed by atoms with Gasteiger partial charge in [-0.1, -0.05) is 24.3 Å². The number of benzene rings is 2. The van der Waals surface area contributed by atoms with Gasteiger partial charge in [0.05, 0.1) is 23.4 Å². The Labute approximate surface area is 123 Å². The number of carbonyl (C=O) groups excluding carboxylic acids is 1. The first-order valence-electron chi connectivity index (χ1n) is 7.05. The molecule has 0 N–H and O–H groups in total. The molecule has 0 spiro atoms. The monoisotopic (exact) mass is 279 g/mol. The third-order valence-corrected chi connectivity index (χ3v) is 3.61. The van der Waals surface area contributed by atoms with Gasteiger partial charge < -0.3 is 9.30 Å². The van der Waals surface area contributed by atoms with Gasteiger partial charge in [0.15, 0.2) is 0 Å². The van der Waals surface area contributed by atoms with Crippen molar-refractivity contribution in [2.45, 2.75) is 13.8 Å². The Morgan fingerprint density at radius 3 is 2.71 bits per heavy atom. The van der Waals surface area contributed by atoms with Crippen LogP contribution in [0.5, 0.6) is 0 Å². The van der Waals surface area contributed by atoms with E-state index in [4.69, 9.17) is 4.74 Å². The summed E-state index contributed by atoms with van der Waals surface area (Å²) in [6.45, 7) is 4.28. The SMILES string of the molecule is CCOC(=O)c1ccccc1-n1ccc2c(C)cccc21. The fourth-order valence-corrected chi connectivity index (χ4v) is 2.60. The summed E-state index contributed by atoms with van der Waals surface area (Å²) < 4.78 is 7.19. The second-order valence-corrected chi connectivity index (χ2v) is 4.93. The fourth-order valence-electron chi connectivity index (χ4n) is 2.60. The summed E-state index contributed by atoms with van der Waals surface area (Å²) in [5.41, 5.74) is 3.74. The molecule has 3 aromatic rings. The molecule has 1 heterocycles. The summed E-state index contributed by atoms with van der Waals surface area (Å²) in [5.74, 6) is -0.289. The van der Waals surface area contributed by atoms with Crippen LogP contribution in [0.25, 0.3) is 16.6 Å². The Balaban J connectivity index is 2.20. The van der Waals surface area contributed by atoms with Gasteiger partial charge >= 0.3 is 5.97 Å². The molecule has 0 fully saturated rings. The lowest BCUT2D eigenvalue weighted by Gasteiger charge is -2.11. The molecule has 0 bridgehead atoms. The molecular formula is C18H17NO2. The average molecular weight is 279 g/mol. The van der Waals surface area contributed by atoms with Crippen molar-refractivity contribution in [3.05, 3.63) is 65.9 Å². The van der Waals surface area contributed by atoms with Crippen molar-refractivity contribution in [3.8, 4) is 5.69 Å². The fraction of sp³-hybridized carbons (Fsp3) is 0.167.